The maximum absolute atomic E-state index is 13.6. The lowest BCUT2D eigenvalue weighted by Crippen LogP contribution is -2.49. The standard InChI is InChI=1S/C17H20FN5O/c1-13-6-7-19-17(20-13)23-10-8-22(9-11-23)12-16(24)21-15-5-3-2-4-14(15)18/h2-7H,8-12H2,1H3,(H,21,24). The monoisotopic (exact) mass is 329 g/mol. The Bertz CT molecular complexity index is 716. The number of rotatable bonds is 4. The number of carbonyl (C=O) groups excluding carboxylic acids is 1. The third kappa shape index (κ3) is 4.05. The van der Waals surface area contributed by atoms with Crippen molar-refractivity contribution in [3.05, 3.63) is 48.0 Å². The van der Waals surface area contributed by atoms with Crippen LogP contribution in [-0.2, 0) is 4.79 Å². The van der Waals surface area contributed by atoms with Crippen molar-refractivity contribution in [2.75, 3.05) is 42.9 Å². The molecule has 1 amide bonds. The second kappa shape index (κ2) is 7.35. The van der Waals surface area contributed by atoms with Gasteiger partial charge in [-0.05, 0) is 25.1 Å². The summed E-state index contributed by atoms with van der Waals surface area (Å²) in [5.74, 6) is 0.0954. The first-order chi connectivity index (χ1) is 11.6. The number of nitrogens with one attached hydrogen (secondary N) is 1. The molecule has 6 nitrogen and oxygen atoms in total. The molecule has 1 aromatic carbocycles. The minimum absolute atomic E-state index is 0.208. The van der Waals surface area contributed by atoms with E-state index in [1.54, 1.807) is 24.4 Å². The Morgan fingerprint density at radius 3 is 2.67 bits per heavy atom. The van der Waals surface area contributed by atoms with Gasteiger partial charge in [0.15, 0.2) is 0 Å². The van der Waals surface area contributed by atoms with Crippen molar-refractivity contribution in [1.29, 1.82) is 0 Å². The number of anilines is 2. The third-order valence-electron chi connectivity index (χ3n) is 3.95. The molecule has 1 aliphatic rings. The van der Waals surface area contributed by atoms with Crippen LogP contribution in [0.2, 0.25) is 0 Å². The highest BCUT2D eigenvalue weighted by atomic mass is 19.1. The summed E-state index contributed by atoms with van der Waals surface area (Å²) in [4.78, 5) is 24.9. The van der Waals surface area contributed by atoms with Crippen LogP contribution in [0.3, 0.4) is 0 Å². The Hall–Kier alpha value is -2.54. The Kier molecular flexibility index (Phi) is 5.00. The number of piperazine rings is 1. The van der Waals surface area contributed by atoms with Crippen molar-refractivity contribution >= 4 is 17.5 Å². The molecule has 7 heteroatoms. The quantitative estimate of drug-likeness (QED) is 0.925. The maximum Gasteiger partial charge on any atom is 0.238 e. The molecule has 0 atom stereocenters. The fourth-order valence-electron chi connectivity index (χ4n) is 2.65. The van der Waals surface area contributed by atoms with Gasteiger partial charge in [0.05, 0.1) is 12.2 Å². The van der Waals surface area contributed by atoms with Gasteiger partial charge in [0.1, 0.15) is 5.82 Å². The molecule has 1 saturated heterocycles. The molecule has 0 spiro atoms. The van der Waals surface area contributed by atoms with E-state index in [0.29, 0.717) is 0 Å². The molecule has 126 valence electrons. The number of aryl methyl sites for hydroxylation is 1. The summed E-state index contributed by atoms with van der Waals surface area (Å²) in [6.07, 6.45) is 1.76. The van der Waals surface area contributed by atoms with E-state index in [0.717, 1.165) is 37.8 Å². The Morgan fingerprint density at radius 1 is 1.21 bits per heavy atom. The molecule has 1 aromatic heterocycles. The molecule has 1 N–H and O–H groups in total. The molecule has 2 aromatic rings. The average Bonchev–Trinajstić information content (AvgIpc) is 2.58. The summed E-state index contributed by atoms with van der Waals surface area (Å²) < 4.78 is 13.6. The van der Waals surface area contributed by atoms with Crippen LogP contribution >= 0.6 is 0 Å². The van der Waals surface area contributed by atoms with Gasteiger partial charge in [-0.3, -0.25) is 9.69 Å². The minimum atomic E-state index is -0.424. The molecule has 0 bridgehead atoms. The van der Waals surface area contributed by atoms with Crippen molar-refractivity contribution in [1.82, 2.24) is 14.9 Å². The zero-order chi connectivity index (χ0) is 16.9. The molecular formula is C17H20FN5O. The van der Waals surface area contributed by atoms with Gasteiger partial charge in [0.2, 0.25) is 11.9 Å². The van der Waals surface area contributed by atoms with Crippen LogP contribution in [0.5, 0.6) is 0 Å². The van der Waals surface area contributed by atoms with Crippen LogP contribution in [0.25, 0.3) is 0 Å². The molecule has 24 heavy (non-hydrogen) atoms. The lowest BCUT2D eigenvalue weighted by molar-refractivity contribution is -0.117. The van der Waals surface area contributed by atoms with Crippen LogP contribution in [-0.4, -0.2) is 53.5 Å². The molecule has 1 aliphatic heterocycles. The molecule has 2 heterocycles. The number of hydrogen-bond acceptors (Lipinski definition) is 5. The van der Waals surface area contributed by atoms with Crippen molar-refractivity contribution in [3.63, 3.8) is 0 Å². The summed E-state index contributed by atoms with van der Waals surface area (Å²) in [5.41, 5.74) is 1.15. The van der Waals surface area contributed by atoms with E-state index in [4.69, 9.17) is 0 Å². The van der Waals surface area contributed by atoms with Gasteiger partial charge in [-0.25, -0.2) is 14.4 Å². The fraction of sp³-hybridized carbons (Fsp3) is 0.353. The average molecular weight is 329 g/mol. The smallest absolute Gasteiger partial charge is 0.238 e. The summed E-state index contributed by atoms with van der Waals surface area (Å²) >= 11 is 0. The van der Waals surface area contributed by atoms with Gasteiger partial charge in [-0.15, -0.1) is 0 Å². The topological polar surface area (TPSA) is 61.4 Å². The van der Waals surface area contributed by atoms with E-state index in [1.807, 2.05) is 17.9 Å². The summed E-state index contributed by atoms with van der Waals surface area (Å²) in [7, 11) is 0. The van der Waals surface area contributed by atoms with Crippen LogP contribution in [0, 0.1) is 12.7 Å². The molecule has 0 aliphatic carbocycles. The lowest BCUT2D eigenvalue weighted by atomic mass is 10.3. The highest BCUT2D eigenvalue weighted by Gasteiger charge is 2.21. The van der Waals surface area contributed by atoms with Gasteiger partial charge >= 0.3 is 0 Å². The van der Waals surface area contributed by atoms with Gasteiger partial charge < -0.3 is 10.2 Å². The maximum atomic E-state index is 13.6. The molecule has 0 radical (unpaired) electrons. The highest BCUT2D eigenvalue weighted by Crippen LogP contribution is 2.13. The second-order valence-corrected chi connectivity index (χ2v) is 5.79. The summed E-state index contributed by atoms with van der Waals surface area (Å²) in [6, 6.07) is 8.04. The van der Waals surface area contributed by atoms with E-state index < -0.39 is 5.82 Å². The fourth-order valence-corrected chi connectivity index (χ4v) is 2.65. The highest BCUT2D eigenvalue weighted by molar-refractivity contribution is 5.92. The summed E-state index contributed by atoms with van der Waals surface area (Å²) in [5, 5.41) is 2.61. The molecule has 3 rings (SSSR count). The number of amides is 1. The van der Waals surface area contributed by atoms with Crippen molar-refractivity contribution < 1.29 is 9.18 Å². The van der Waals surface area contributed by atoms with Crippen molar-refractivity contribution in [2.24, 2.45) is 0 Å². The first-order valence-electron chi connectivity index (χ1n) is 7.93. The largest absolute Gasteiger partial charge is 0.338 e. The number of nitrogens with zero attached hydrogens (tertiary/aromatic N) is 4. The number of para-hydroxylation sites is 1. The zero-order valence-corrected chi connectivity index (χ0v) is 13.6. The predicted molar refractivity (Wildman–Crippen MR) is 90.5 cm³/mol. The van der Waals surface area contributed by atoms with Crippen LogP contribution < -0.4 is 10.2 Å². The second-order valence-electron chi connectivity index (χ2n) is 5.79. The zero-order valence-electron chi connectivity index (χ0n) is 13.6. The van der Waals surface area contributed by atoms with E-state index in [2.05, 4.69) is 20.2 Å². The van der Waals surface area contributed by atoms with E-state index in [9.17, 15) is 9.18 Å². The van der Waals surface area contributed by atoms with Gasteiger partial charge in [-0.1, -0.05) is 12.1 Å². The van der Waals surface area contributed by atoms with Crippen LogP contribution in [0.4, 0.5) is 16.0 Å². The number of benzene rings is 1. The van der Waals surface area contributed by atoms with Crippen molar-refractivity contribution in [3.8, 4) is 0 Å². The number of hydrogen-bond donors (Lipinski definition) is 1. The van der Waals surface area contributed by atoms with E-state index in [1.165, 1.54) is 6.07 Å². The predicted octanol–water partition coefficient (Wildman–Crippen LogP) is 1.68. The van der Waals surface area contributed by atoms with Gasteiger partial charge in [-0.2, -0.15) is 0 Å². The molecule has 1 fully saturated rings. The third-order valence-corrected chi connectivity index (χ3v) is 3.95. The van der Waals surface area contributed by atoms with Gasteiger partial charge in [0, 0.05) is 38.1 Å². The lowest BCUT2D eigenvalue weighted by Gasteiger charge is -2.34. The van der Waals surface area contributed by atoms with E-state index >= 15 is 0 Å². The van der Waals surface area contributed by atoms with Crippen LogP contribution in [0.1, 0.15) is 5.69 Å². The van der Waals surface area contributed by atoms with Crippen LogP contribution in [0.15, 0.2) is 36.5 Å². The molecule has 0 saturated carbocycles. The van der Waals surface area contributed by atoms with E-state index in [-0.39, 0.29) is 18.1 Å². The number of carbonyl (C=O) groups is 1. The first-order valence-corrected chi connectivity index (χ1v) is 7.93. The minimum Gasteiger partial charge on any atom is -0.338 e. The Balaban J connectivity index is 1.50. The number of halogens is 1. The summed E-state index contributed by atoms with van der Waals surface area (Å²) in [6.45, 7) is 5.18. The Labute approximate surface area is 140 Å². The SMILES string of the molecule is Cc1ccnc(N2CCN(CC(=O)Nc3ccccc3F)CC2)n1. The molecule has 0 unspecified atom stereocenters. The first kappa shape index (κ1) is 16.3. The normalized spacial score (nSPS) is 15.3. The van der Waals surface area contributed by atoms with Gasteiger partial charge in [0.25, 0.3) is 0 Å². The van der Waals surface area contributed by atoms with Crippen molar-refractivity contribution in [2.45, 2.75) is 6.92 Å². The Morgan fingerprint density at radius 2 is 1.96 bits per heavy atom. The number of aromatic nitrogens is 2. The molecular weight excluding hydrogens is 309 g/mol.